The van der Waals surface area contributed by atoms with Gasteiger partial charge in [0, 0.05) is 6.54 Å². The second kappa shape index (κ2) is 6.47. The van der Waals surface area contributed by atoms with Gasteiger partial charge < -0.3 is 10.4 Å². The first-order valence-electron chi connectivity index (χ1n) is 6.58. The predicted octanol–water partition coefficient (Wildman–Crippen LogP) is 3.15. The lowest BCUT2D eigenvalue weighted by Crippen LogP contribution is -2.41. The van der Waals surface area contributed by atoms with Crippen molar-refractivity contribution in [1.29, 1.82) is 0 Å². The summed E-state index contributed by atoms with van der Waals surface area (Å²) in [6, 6.07) is 3.95. The number of hydrogen-bond donors (Lipinski definition) is 2. The van der Waals surface area contributed by atoms with Gasteiger partial charge in [0.25, 0.3) is 5.91 Å². The highest BCUT2D eigenvalue weighted by molar-refractivity contribution is 7.21. The van der Waals surface area contributed by atoms with Crippen molar-refractivity contribution in [3.05, 3.63) is 28.6 Å². The van der Waals surface area contributed by atoms with E-state index in [2.05, 4.69) is 10.3 Å². The fourth-order valence-corrected chi connectivity index (χ4v) is 3.36. The van der Waals surface area contributed by atoms with Crippen molar-refractivity contribution in [2.75, 3.05) is 6.54 Å². The lowest BCUT2D eigenvalue weighted by Gasteiger charge is -2.25. The fourth-order valence-electron chi connectivity index (χ4n) is 1.73. The van der Waals surface area contributed by atoms with Crippen LogP contribution in [0.5, 0.6) is 0 Å². The maximum absolute atomic E-state index is 12.1. The molecule has 2 rings (SSSR count). The van der Waals surface area contributed by atoms with E-state index in [4.69, 9.17) is 0 Å². The van der Waals surface area contributed by atoms with E-state index in [1.807, 2.05) is 31.4 Å². The Morgan fingerprint density at radius 1 is 1.45 bits per heavy atom. The molecule has 0 atom stereocenters. The van der Waals surface area contributed by atoms with Gasteiger partial charge in [0.15, 0.2) is 0 Å². The van der Waals surface area contributed by atoms with Gasteiger partial charge in [0.2, 0.25) is 0 Å². The van der Waals surface area contributed by atoms with E-state index < -0.39 is 5.60 Å². The molecule has 0 radical (unpaired) electrons. The van der Waals surface area contributed by atoms with Crippen LogP contribution in [-0.4, -0.2) is 28.1 Å². The number of thiazole rings is 1. The Bertz CT molecular complexity index is 560. The number of carbonyl (C=O) groups excluding carboxylic acids is 1. The summed E-state index contributed by atoms with van der Waals surface area (Å²) in [4.78, 5) is 18.0. The zero-order valence-corrected chi connectivity index (χ0v) is 13.2. The van der Waals surface area contributed by atoms with E-state index >= 15 is 0 Å². The Balaban J connectivity index is 2.00. The van der Waals surface area contributed by atoms with Crippen LogP contribution >= 0.6 is 22.7 Å². The minimum absolute atomic E-state index is 0.175. The second-order valence-corrected chi connectivity index (χ2v) is 6.60. The summed E-state index contributed by atoms with van der Waals surface area (Å²) in [5, 5.41) is 15.8. The lowest BCUT2D eigenvalue weighted by molar-refractivity contribution is 0.0314. The molecule has 20 heavy (non-hydrogen) atoms. The summed E-state index contributed by atoms with van der Waals surface area (Å²) in [5.74, 6) is -0.175. The van der Waals surface area contributed by atoms with Crippen LogP contribution in [0, 0.1) is 0 Å². The molecule has 2 N–H and O–H groups in total. The van der Waals surface area contributed by atoms with Crippen molar-refractivity contribution in [3.8, 4) is 9.88 Å². The molecule has 0 aliphatic carbocycles. The highest BCUT2D eigenvalue weighted by Crippen LogP contribution is 2.28. The summed E-state index contributed by atoms with van der Waals surface area (Å²) in [7, 11) is 0. The third kappa shape index (κ3) is 3.45. The minimum atomic E-state index is -0.822. The molecule has 0 spiro atoms. The fraction of sp³-hybridized carbons (Fsp3) is 0.429. The normalized spacial score (nSPS) is 11.6. The van der Waals surface area contributed by atoms with Crippen molar-refractivity contribution in [2.24, 2.45) is 0 Å². The number of aromatic nitrogens is 1. The van der Waals surface area contributed by atoms with E-state index in [1.165, 1.54) is 11.3 Å². The molecule has 0 fully saturated rings. The Kier molecular flexibility index (Phi) is 4.91. The summed E-state index contributed by atoms with van der Waals surface area (Å²) in [6.45, 7) is 4.10. The number of carbonyl (C=O) groups is 1. The first-order valence-corrected chi connectivity index (χ1v) is 8.28. The minimum Gasteiger partial charge on any atom is -0.388 e. The molecule has 0 aromatic carbocycles. The number of hydrogen-bond acceptors (Lipinski definition) is 5. The number of amides is 1. The molecule has 4 nitrogen and oxygen atoms in total. The van der Waals surface area contributed by atoms with E-state index in [0.717, 1.165) is 9.88 Å². The molecule has 0 saturated carbocycles. The Hall–Kier alpha value is -1.24. The van der Waals surface area contributed by atoms with Gasteiger partial charge in [0.05, 0.1) is 16.7 Å². The zero-order chi connectivity index (χ0) is 14.6. The van der Waals surface area contributed by atoms with Crippen LogP contribution in [0.4, 0.5) is 0 Å². The molecule has 2 aromatic heterocycles. The topological polar surface area (TPSA) is 62.2 Å². The number of nitrogens with zero attached hydrogens (tertiary/aromatic N) is 1. The standard InChI is InChI=1S/C14H18N2O2S2/c1-3-14(18,4-2)9-16-12(17)11-8-15-13(20-11)10-6-5-7-19-10/h5-8,18H,3-4,9H2,1-2H3,(H,16,17). The van der Waals surface area contributed by atoms with Crippen LogP contribution in [0.25, 0.3) is 9.88 Å². The molecule has 0 aliphatic heterocycles. The number of rotatable bonds is 6. The van der Waals surface area contributed by atoms with Gasteiger partial charge in [-0.1, -0.05) is 19.9 Å². The predicted molar refractivity (Wildman–Crippen MR) is 83.3 cm³/mol. The average molecular weight is 310 g/mol. The van der Waals surface area contributed by atoms with E-state index in [1.54, 1.807) is 17.5 Å². The molecule has 2 heterocycles. The monoisotopic (exact) mass is 310 g/mol. The largest absolute Gasteiger partial charge is 0.388 e. The molecule has 1 amide bonds. The molecule has 0 saturated heterocycles. The SMILES string of the molecule is CCC(O)(CC)CNC(=O)c1cnc(-c2cccs2)s1. The van der Waals surface area contributed by atoms with Crippen molar-refractivity contribution in [2.45, 2.75) is 32.3 Å². The van der Waals surface area contributed by atoms with Gasteiger partial charge in [-0.05, 0) is 24.3 Å². The van der Waals surface area contributed by atoms with Crippen molar-refractivity contribution in [3.63, 3.8) is 0 Å². The molecule has 2 aromatic rings. The summed E-state index contributed by atoms with van der Waals surface area (Å²) < 4.78 is 0. The van der Waals surface area contributed by atoms with Gasteiger partial charge in [-0.2, -0.15) is 0 Å². The quantitative estimate of drug-likeness (QED) is 0.861. The van der Waals surface area contributed by atoms with Crippen LogP contribution < -0.4 is 5.32 Å². The summed E-state index contributed by atoms with van der Waals surface area (Å²) in [5.41, 5.74) is -0.822. The lowest BCUT2D eigenvalue weighted by atomic mass is 9.98. The van der Waals surface area contributed by atoms with Crippen LogP contribution in [-0.2, 0) is 0 Å². The summed E-state index contributed by atoms with van der Waals surface area (Å²) in [6.07, 6.45) is 2.83. The number of aliphatic hydroxyl groups is 1. The van der Waals surface area contributed by atoms with Gasteiger partial charge in [-0.25, -0.2) is 4.98 Å². The third-order valence-corrected chi connectivity index (χ3v) is 5.39. The number of nitrogens with one attached hydrogen (secondary N) is 1. The molecular formula is C14H18N2O2S2. The maximum atomic E-state index is 12.1. The van der Waals surface area contributed by atoms with Crippen molar-refractivity contribution < 1.29 is 9.90 Å². The second-order valence-electron chi connectivity index (χ2n) is 4.62. The van der Waals surface area contributed by atoms with Gasteiger partial charge in [-0.15, -0.1) is 22.7 Å². The molecule has 6 heteroatoms. The summed E-state index contributed by atoms with van der Waals surface area (Å²) >= 11 is 2.97. The smallest absolute Gasteiger partial charge is 0.263 e. The van der Waals surface area contributed by atoms with Crippen LogP contribution in [0.15, 0.2) is 23.7 Å². The van der Waals surface area contributed by atoms with Crippen LogP contribution in [0.3, 0.4) is 0 Å². The van der Waals surface area contributed by atoms with Crippen molar-refractivity contribution >= 4 is 28.6 Å². The third-order valence-electron chi connectivity index (χ3n) is 3.36. The zero-order valence-electron chi connectivity index (χ0n) is 11.5. The van der Waals surface area contributed by atoms with Gasteiger partial charge in [0.1, 0.15) is 9.88 Å². The van der Waals surface area contributed by atoms with E-state index in [-0.39, 0.29) is 12.5 Å². The number of thiophene rings is 1. The first-order chi connectivity index (χ1) is 9.58. The molecule has 0 aliphatic rings. The molecule has 0 unspecified atom stereocenters. The highest BCUT2D eigenvalue weighted by atomic mass is 32.1. The van der Waals surface area contributed by atoms with Gasteiger partial charge in [-0.3, -0.25) is 4.79 Å². The molecule has 0 bridgehead atoms. The maximum Gasteiger partial charge on any atom is 0.263 e. The van der Waals surface area contributed by atoms with E-state index in [0.29, 0.717) is 17.7 Å². The molecular weight excluding hydrogens is 292 g/mol. The highest BCUT2D eigenvalue weighted by Gasteiger charge is 2.23. The van der Waals surface area contributed by atoms with Crippen LogP contribution in [0.1, 0.15) is 36.4 Å². The Morgan fingerprint density at radius 2 is 2.20 bits per heavy atom. The van der Waals surface area contributed by atoms with Gasteiger partial charge >= 0.3 is 0 Å². The van der Waals surface area contributed by atoms with E-state index in [9.17, 15) is 9.90 Å². The Labute approximate surface area is 126 Å². The Morgan fingerprint density at radius 3 is 2.80 bits per heavy atom. The van der Waals surface area contributed by atoms with Crippen molar-refractivity contribution in [1.82, 2.24) is 10.3 Å². The van der Waals surface area contributed by atoms with Crippen LogP contribution in [0.2, 0.25) is 0 Å². The first kappa shape index (κ1) is 15.2. The molecule has 108 valence electrons. The average Bonchev–Trinajstić information content (AvgIpc) is 3.14.